The highest BCUT2D eigenvalue weighted by molar-refractivity contribution is 14.1. The van der Waals surface area contributed by atoms with Crippen LogP contribution in [0.15, 0.2) is 111 Å². The average molecular weight is 486 g/mol. The Morgan fingerprint density at radius 3 is 0.852 bits per heavy atom. The lowest BCUT2D eigenvalue weighted by Crippen LogP contribution is -1.63. The van der Waals surface area contributed by atoms with E-state index in [9.17, 15) is 0 Å². The molecule has 0 aromatic heterocycles. The molecule has 0 bridgehead atoms. The minimum atomic E-state index is 1.14. The molecule has 0 radical (unpaired) electrons. The van der Waals surface area contributed by atoms with Crippen LogP contribution >= 0.6 is 31.8 Å². The smallest absolute Gasteiger partial charge is 0.0141 e. The van der Waals surface area contributed by atoms with Crippen LogP contribution in [0.1, 0.15) is 16.7 Å². The van der Waals surface area contributed by atoms with Gasteiger partial charge in [0, 0.05) is 4.17 Å². The van der Waals surface area contributed by atoms with Crippen molar-refractivity contribution in [1.82, 2.24) is 0 Å². The van der Waals surface area contributed by atoms with Gasteiger partial charge in [-0.05, 0) is 16.7 Å². The van der Waals surface area contributed by atoms with Crippen LogP contribution in [0.2, 0.25) is 0 Å². The van der Waals surface area contributed by atoms with Gasteiger partial charge in [0.1, 0.15) is 0 Å². The maximum atomic E-state index is 3.63. The van der Waals surface area contributed by atoms with Gasteiger partial charge < -0.3 is 0 Å². The van der Waals surface area contributed by atoms with Gasteiger partial charge in [-0.1, -0.05) is 152 Å². The Hall–Kier alpha value is -1.96. The molecule has 3 aromatic carbocycles. The van der Waals surface area contributed by atoms with Crippen LogP contribution < -0.4 is 0 Å². The predicted molar refractivity (Wildman–Crippen MR) is 138 cm³/mol. The molecule has 0 fully saturated rings. The zero-order valence-electron chi connectivity index (χ0n) is 15.7. The van der Waals surface area contributed by atoms with Gasteiger partial charge in [0.05, 0.1) is 0 Å². The quantitative estimate of drug-likeness (QED) is 0.199. The Morgan fingerprint density at radius 1 is 0.556 bits per heavy atom. The molecule has 3 aromatic rings. The second-order valence-electron chi connectivity index (χ2n) is 5.00. The van der Waals surface area contributed by atoms with Crippen LogP contribution in [0.4, 0.5) is 0 Å². The standard InChI is InChI=1S/3C8H8.CH4IP/c3*1-2-8-6-4-3-5-7-8;2-1-3/h3*2-7H,1H2;1,3H2. The lowest BCUT2D eigenvalue weighted by Gasteiger charge is -1.85. The number of alkyl halides is 1. The molecule has 0 spiro atoms. The van der Waals surface area contributed by atoms with Crippen molar-refractivity contribution in [1.29, 1.82) is 0 Å². The zero-order valence-corrected chi connectivity index (χ0v) is 19.0. The third kappa shape index (κ3) is 14.9. The van der Waals surface area contributed by atoms with Gasteiger partial charge in [-0.15, -0.1) is 9.24 Å². The first-order valence-electron chi connectivity index (χ1n) is 8.50. The summed E-state index contributed by atoms with van der Waals surface area (Å²) in [6, 6.07) is 30.1. The zero-order chi connectivity index (χ0) is 20.2. The van der Waals surface area contributed by atoms with Crippen molar-refractivity contribution in [3.05, 3.63) is 127 Å². The van der Waals surface area contributed by atoms with E-state index in [0.29, 0.717) is 0 Å². The lowest BCUT2D eigenvalue weighted by molar-refractivity contribution is 1.67. The summed E-state index contributed by atoms with van der Waals surface area (Å²) in [5, 5.41) is 0. The Bertz CT molecular complexity index is 619. The molecule has 1 atom stereocenters. The molecular weight excluding hydrogens is 458 g/mol. The lowest BCUT2D eigenvalue weighted by atomic mass is 10.2. The van der Waals surface area contributed by atoms with Gasteiger partial charge in [-0.2, -0.15) is 0 Å². The monoisotopic (exact) mass is 486 g/mol. The van der Waals surface area contributed by atoms with Crippen LogP contribution in [0, 0.1) is 0 Å². The summed E-state index contributed by atoms with van der Waals surface area (Å²) in [5.74, 6) is 0. The predicted octanol–water partition coefficient (Wildman–Crippen LogP) is 8.24. The van der Waals surface area contributed by atoms with Gasteiger partial charge >= 0.3 is 0 Å². The molecule has 0 aliphatic rings. The Labute approximate surface area is 181 Å². The normalized spacial score (nSPS) is 8.22. The molecule has 0 nitrogen and oxygen atoms in total. The largest absolute Gasteiger partial charge is 0.127 e. The fourth-order valence-electron chi connectivity index (χ4n) is 1.77. The van der Waals surface area contributed by atoms with E-state index in [1.165, 1.54) is 16.7 Å². The average Bonchev–Trinajstić information content (AvgIpc) is 2.77. The number of benzene rings is 3. The van der Waals surface area contributed by atoms with Crippen molar-refractivity contribution in [2.24, 2.45) is 0 Å². The van der Waals surface area contributed by atoms with Crippen LogP contribution in [0.25, 0.3) is 18.2 Å². The van der Waals surface area contributed by atoms with Gasteiger partial charge in [0.2, 0.25) is 0 Å². The Balaban J connectivity index is 0.000000350. The van der Waals surface area contributed by atoms with E-state index in [2.05, 4.69) is 51.6 Å². The van der Waals surface area contributed by atoms with Crippen LogP contribution in [0.5, 0.6) is 0 Å². The van der Waals surface area contributed by atoms with Crippen LogP contribution in [0.3, 0.4) is 0 Å². The molecule has 0 heterocycles. The van der Waals surface area contributed by atoms with Gasteiger partial charge in [0.15, 0.2) is 0 Å². The van der Waals surface area contributed by atoms with Crippen molar-refractivity contribution < 1.29 is 0 Å². The fourth-order valence-corrected chi connectivity index (χ4v) is 1.77. The summed E-state index contributed by atoms with van der Waals surface area (Å²) in [6.45, 7) is 10.9. The number of hydrogen-bond acceptors (Lipinski definition) is 0. The second kappa shape index (κ2) is 18.8. The summed E-state index contributed by atoms with van der Waals surface area (Å²) in [6.07, 6.45) is 5.50. The highest BCUT2D eigenvalue weighted by Crippen LogP contribution is 1.98. The van der Waals surface area contributed by atoms with E-state index < -0.39 is 0 Å². The summed E-state index contributed by atoms with van der Waals surface area (Å²) < 4.78 is 1.14. The molecular formula is C25H28IP. The molecule has 0 amide bonds. The van der Waals surface area contributed by atoms with E-state index in [1.54, 1.807) is 0 Å². The molecule has 0 aliphatic heterocycles. The third-order valence-electron chi connectivity index (χ3n) is 3.11. The summed E-state index contributed by atoms with van der Waals surface area (Å²) in [7, 11) is 2.57. The minimum Gasteiger partial charge on any atom is -0.127 e. The topological polar surface area (TPSA) is 0 Å². The van der Waals surface area contributed by atoms with Crippen molar-refractivity contribution in [2.75, 3.05) is 4.17 Å². The fraction of sp³-hybridized carbons (Fsp3) is 0.0400. The number of halogens is 1. The van der Waals surface area contributed by atoms with Crippen molar-refractivity contribution >= 4 is 50.1 Å². The maximum Gasteiger partial charge on any atom is 0.0141 e. The third-order valence-corrected chi connectivity index (χ3v) is 3.11. The second-order valence-corrected chi connectivity index (χ2v) is 7.95. The summed E-state index contributed by atoms with van der Waals surface area (Å²) in [4.78, 5) is 0. The van der Waals surface area contributed by atoms with E-state index >= 15 is 0 Å². The van der Waals surface area contributed by atoms with E-state index in [1.807, 2.05) is 109 Å². The molecule has 27 heavy (non-hydrogen) atoms. The van der Waals surface area contributed by atoms with Gasteiger partial charge in [-0.25, -0.2) is 0 Å². The Morgan fingerprint density at radius 2 is 0.741 bits per heavy atom. The van der Waals surface area contributed by atoms with Crippen molar-refractivity contribution in [3.63, 3.8) is 0 Å². The number of hydrogen-bond donors (Lipinski definition) is 0. The van der Waals surface area contributed by atoms with E-state index in [4.69, 9.17) is 0 Å². The summed E-state index contributed by atoms with van der Waals surface area (Å²) >= 11 is 2.25. The van der Waals surface area contributed by atoms with Crippen LogP contribution in [-0.2, 0) is 0 Å². The number of rotatable bonds is 3. The maximum absolute atomic E-state index is 3.63. The van der Waals surface area contributed by atoms with Gasteiger partial charge in [0.25, 0.3) is 0 Å². The molecule has 3 rings (SSSR count). The van der Waals surface area contributed by atoms with Crippen molar-refractivity contribution in [3.8, 4) is 0 Å². The first kappa shape index (κ1) is 25.0. The van der Waals surface area contributed by atoms with Crippen LogP contribution in [-0.4, -0.2) is 4.17 Å². The minimum absolute atomic E-state index is 1.14. The first-order chi connectivity index (χ1) is 13.2. The molecule has 2 heteroatoms. The molecule has 1 unspecified atom stereocenters. The van der Waals surface area contributed by atoms with Crippen molar-refractivity contribution in [2.45, 2.75) is 0 Å². The summed E-state index contributed by atoms with van der Waals surface area (Å²) in [5.41, 5.74) is 3.52. The van der Waals surface area contributed by atoms with Gasteiger partial charge in [-0.3, -0.25) is 0 Å². The SMILES string of the molecule is C=Cc1ccccc1.C=Cc1ccccc1.C=Cc1ccccc1.PCI. The molecule has 0 aliphatic carbocycles. The molecule has 0 N–H and O–H groups in total. The highest BCUT2D eigenvalue weighted by atomic mass is 127. The first-order valence-corrected chi connectivity index (χ1v) is 10.8. The molecule has 140 valence electrons. The Kier molecular flexibility index (Phi) is 17.5. The van der Waals surface area contributed by atoms with E-state index in [0.717, 1.165) is 4.17 Å². The van der Waals surface area contributed by atoms with E-state index in [-0.39, 0.29) is 0 Å². The molecule has 0 saturated heterocycles. The molecule has 0 saturated carbocycles. The highest BCUT2D eigenvalue weighted by Gasteiger charge is 1.77.